The van der Waals surface area contributed by atoms with Gasteiger partial charge in [-0.05, 0) is 51.0 Å². The average molecular weight is 299 g/mol. The molecule has 0 spiro atoms. The van der Waals surface area contributed by atoms with Crippen LogP contribution in [0.15, 0.2) is 16.6 Å². The van der Waals surface area contributed by atoms with Gasteiger partial charge in [0.05, 0.1) is 0 Å². The number of carbonyl (C=O) groups is 1. The molecule has 17 heavy (non-hydrogen) atoms. The quantitative estimate of drug-likeness (QED) is 0.901. The molecule has 1 amide bonds. The number of carbonyl (C=O) groups excluding carboxylic acids is 1. The standard InChI is InChI=1S/C13H19BrN2O/c1-8-5-10(14)6-9(2)12(8)16-11(17)7-13(3,4)15/h5-6H,7,15H2,1-4H3,(H,16,17). The van der Waals surface area contributed by atoms with Crippen LogP contribution < -0.4 is 11.1 Å². The van der Waals surface area contributed by atoms with Gasteiger partial charge in [-0.25, -0.2) is 0 Å². The number of nitrogens with two attached hydrogens (primary N) is 1. The minimum atomic E-state index is -0.485. The van der Waals surface area contributed by atoms with Gasteiger partial charge in [-0.3, -0.25) is 4.79 Å². The molecule has 1 aromatic rings. The highest BCUT2D eigenvalue weighted by Gasteiger charge is 2.17. The Hall–Kier alpha value is -0.870. The molecular weight excluding hydrogens is 280 g/mol. The van der Waals surface area contributed by atoms with Crippen LogP contribution in [0.1, 0.15) is 31.4 Å². The monoisotopic (exact) mass is 298 g/mol. The van der Waals surface area contributed by atoms with Crippen molar-refractivity contribution in [2.24, 2.45) is 5.73 Å². The van der Waals surface area contributed by atoms with Gasteiger partial charge in [0.25, 0.3) is 0 Å². The molecule has 0 fully saturated rings. The van der Waals surface area contributed by atoms with Gasteiger partial charge in [-0.1, -0.05) is 15.9 Å². The number of hydrogen-bond acceptors (Lipinski definition) is 2. The zero-order chi connectivity index (χ0) is 13.2. The van der Waals surface area contributed by atoms with E-state index in [9.17, 15) is 4.79 Å². The second-order valence-electron chi connectivity index (χ2n) is 5.13. The molecule has 0 aromatic heterocycles. The Labute approximate surface area is 111 Å². The van der Waals surface area contributed by atoms with Crippen LogP contribution in [0.25, 0.3) is 0 Å². The third-order valence-corrected chi connectivity index (χ3v) is 2.84. The maximum absolute atomic E-state index is 11.8. The van der Waals surface area contributed by atoms with Crippen molar-refractivity contribution in [1.29, 1.82) is 0 Å². The molecule has 4 heteroatoms. The predicted molar refractivity (Wildman–Crippen MR) is 75.1 cm³/mol. The number of nitrogens with one attached hydrogen (secondary N) is 1. The second-order valence-corrected chi connectivity index (χ2v) is 6.04. The minimum absolute atomic E-state index is 0.0500. The number of aryl methyl sites for hydroxylation is 2. The van der Waals surface area contributed by atoms with E-state index in [0.29, 0.717) is 6.42 Å². The molecule has 3 nitrogen and oxygen atoms in total. The molecule has 94 valence electrons. The fourth-order valence-electron chi connectivity index (χ4n) is 1.71. The molecule has 0 unspecified atom stereocenters. The molecule has 0 atom stereocenters. The van der Waals surface area contributed by atoms with Gasteiger partial charge in [0.1, 0.15) is 0 Å². The summed E-state index contributed by atoms with van der Waals surface area (Å²) in [5.74, 6) is -0.0500. The van der Waals surface area contributed by atoms with Crippen molar-refractivity contribution >= 4 is 27.5 Å². The lowest BCUT2D eigenvalue weighted by Crippen LogP contribution is -2.36. The minimum Gasteiger partial charge on any atom is -0.326 e. The van der Waals surface area contributed by atoms with Crippen molar-refractivity contribution in [3.63, 3.8) is 0 Å². The highest BCUT2D eigenvalue weighted by Crippen LogP contribution is 2.25. The van der Waals surface area contributed by atoms with Gasteiger partial charge in [-0.15, -0.1) is 0 Å². The summed E-state index contributed by atoms with van der Waals surface area (Å²) < 4.78 is 1.02. The highest BCUT2D eigenvalue weighted by atomic mass is 79.9. The smallest absolute Gasteiger partial charge is 0.226 e. The van der Waals surface area contributed by atoms with Crippen LogP contribution in [0.3, 0.4) is 0 Å². The van der Waals surface area contributed by atoms with E-state index in [1.807, 2.05) is 39.8 Å². The molecular formula is C13H19BrN2O. The lowest BCUT2D eigenvalue weighted by atomic mass is 10.0. The largest absolute Gasteiger partial charge is 0.326 e. The van der Waals surface area contributed by atoms with Crippen LogP contribution in [0, 0.1) is 13.8 Å². The summed E-state index contributed by atoms with van der Waals surface area (Å²) >= 11 is 3.43. The summed E-state index contributed by atoms with van der Waals surface area (Å²) in [4.78, 5) is 11.8. The molecule has 0 aliphatic carbocycles. The lowest BCUT2D eigenvalue weighted by Gasteiger charge is -2.19. The Kier molecular flexibility index (Phi) is 4.33. The van der Waals surface area contributed by atoms with Crippen molar-refractivity contribution in [3.8, 4) is 0 Å². The first-order valence-corrected chi connectivity index (χ1v) is 6.34. The molecule has 0 aliphatic rings. The predicted octanol–water partition coefficient (Wildman–Crippen LogP) is 3.13. The summed E-state index contributed by atoms with van der Waals surface area (Å²) in [5.41, 5.74) is 8.30. The topological polar surface area (TPSA) is 55.1 Å². The third-order valence-electron chi connectivity index (χ3n) is 2.38. The van der Waals surface area contributed by atoms with Crippen molar-refractivity contribution in [2.45, 2.75) is 39.7 Å². The van der Waals surface area contributed by atoms with Crippen LogP contribution in [0.5, 0.6) is 0 Å². The van der Waals surface area contributed by atoms with Gasteiger partial charge in [0.15, 0.2) is 0 Å². The summed E-state index contributed by atoms with van der Waals surface area (Å²) in [6.45, 7) is 7.63. The summed E-state index contributed by atoms with van der Waals surface area (Å²) in [6.07, 6.45) is 0.307. The van der Waals surface area contributed by atoms with Gasteiger partial charge in [-0.2, -0.15) is 0 Å². The highest BCUT2D eigenvalue weighted by molar-refractivity contribution is 9.10. The van der Waals surface area contributed by atoms with Crippen LogP contribution in [-0.2, 0) is 4.79 Å². The summed E-state index contributed by atoms with van der Waals surface area (Å²) in [5, 5.41) is 2.92. The molecule has 0 aliphatic heterocycles. The Morgan fingerprint density at radius 3 is 2.24 bits per heavy atom. The van der Waals surface area contributed by atoms with E-state index in [0.717, 1.165) is 21.3 Å². The first-order valence-electron chi connectivity index (χ1n) is 5.54. The Bertz CT molecular complexity index is 413. The molecule has 0 heterocycles. The average Bonchev–Trinajstić information content (AvgIpc) is 2.08. The zero-order valence-corrected chi connectivity index (χ0v) is 12.3. The zero-order valence-electron chi connectivity index (χ0n) is 10.7. The van der Waals surface area contributed by atoms with Crippen LogP contribution in [-0.4, -0.2) is 11.4 Å². The Morgan fingerprint density at radius 2 is 1.82 bits per heavy atom. The van der Waals surface area contributed by atoms with Gasteiger partial charge >= 0.3 is 0 Å². The number of anilines is 1. The first kappa shape index (κ1) is 14.2. The van der Waals surface area contributed by atoms with Crippen LogP contribution in [0.4, 0.5) is 5.69 Å². The SMILES string of the molecule is Cc1cc(Br)cc(C)c1NC(=O)CC(C)(C)N. The van der Waals surface area contributed by atoms with Gasteiger partial charge in [0.2, 0.25) is 5.91 Å². The molecule has 1 rings (SSSR count). The van der Waals surface area contributed by atoms with Crippen molar-refractivity contribution in [3.05, 3.63) is 27.7 Å². The summed E-state index contributed by atoms with van der Waals surface area (Å²) in [6, 6.07) is 3.96. The van der Waals surface area contributed by atoms with Crippen molar-refractivity contribution in [2.75, 3.05) is 5.32 Å². The molecule has 1 aromatic carbocycles. The Morgan fingerprint density at radius 1 is 1.35 bits per heavy atom. The van der Waals surface area contributed by atoms with Crippen molar-refractivity contribution in [1.82, 2.24) is 0 Å². The van der Waals surface area contributed by atoms with E-state index in [2.05, 4.69) is 21.2 Å². The molecule has 0 saturated carbocycles. The molecule has 0 bridgehead atoms. The molecule has 3 N–H and O–H groups in total. The van der Waals surface area contributed by atoms with E-state index in [1.165, 1.54) is 0 Å². The number of rotatable bonds is 3. The first-order chi connectivity index (χ1) is 7.69. The molecule has 0 saturated heterocycles. The number of hydrogen-bond donors (Lipinski definition) is 2. The van der Waals surface area contributed by atoms with E-state index in [1.54, 1.807) is 0 Å². The second kappa shape index (κ2) is 5.19. The van der Waals surface area contributed by atoms with Crippen LogP contribution in [0.2, 0.25) is 0 Å². The lowest BCUT2D eigenvalue weighted by molar-refractivity contribution is -0.117. The number of benzene rings is 1. The Balaban J connectivity index is 2.86. The van der Waals surface area contributed by atoms with Crippen molar-refractivity contribution < 1.29 is 4.79 Å². The van der Waals surface area contributed by atoms with E-state index >= 15 is 0 Å². The van der Waals surface area contributed by atoms with E-state index < -0.39 is 5.54 Å². The summed E-state index contributed by atoms with van der Waals surface area (Å²) in [7, 11) is 0. The fourth-order valence-corrected chi connectivity index (χ4v) is 2.39. The number of halogens is 1. The normalized spacial score (nSPS) is 11.4. The van der Waals surface area contributed by atoms with Crippen LogP contribution >= 0.6 is 15.9 Å². The maximum Gasteiger partial charge on any atom is 0.226 e. The van der Waals surface area contributed by atoms with Gasteiger partial charge in [0, 0.05) is 22.1 Å². The maximum atomic E-state index is 11.8. The molecule has 0 radical (unpaired) electrons. The van der Waals surface area contributed by atoms with Gasteiger partial charge < -0.3 is 11.1 Å². The van der Waals surface area contributed by atoms with E-state index in [-0.39, 0.29) is 5.91 Å². The fraction of sp³-hybridized carbons (Fsp3) is 0.462. The van der Waals surface area contributed by atoms with E-state index in [4.69, 9.17) is 5.73 Å². The number of amides is 1. The third kappa shape index (κ3) is 4.48.